The molecule has 88 valence electrons. The van der Waals surface area contributed by atoms with Gasteiger partial charge in [0.1, 0.15) is 0 Å². The molecular formula is C13H20N2O. The van der Waals surface area contributed by atoms with Crippen molar-refractivity contribution in [3.8, 4) is 12.3 Å². The van der Waals surface area contributed by atoms with Gasteiger partial charge in [0.2, 0.25) is 5.91 Å². The smallest absolute Gasteiger partial charge is 0.234 e. The first-order valence-electron chi connectivity index (χ1n) is 6.25. The molecule has 1 aliphatic carbocycles. The van der Waals surface area contributed by atoms with Gasteiger partial charge in [-0.1, -0.05) is 12.3 Å². The first-order valence-corrected chi connectivity index (χ1v) is 6.25. The summed E-state index contributed by atoms with van der Waals surface area (Å²) in [5.74, 6) is 3.35. The maximum absolute atomic E-state index is 11.6. The maximum atomic E-state index is 11.6. The number of piperidine rings is 1. The summed E-state index contributed by atoms with van der Waals surface area (Å²) in [5.41, 5.74) is 0. The van der Waals surface area contributed by atoms with Crippen LogP contribution >= 0.6 is 0 Å². The zero-order chi connectivity index (χ0) is 11.4. The van der Waals surface area contributed by atoms with Gasteiger partial charge in [0, 0.05) is 6.04 Å². The number of likely N-dealkylation sites (tertiary alicyclic amines) is 1. The molecule has 2 unspecified atom stereocenters. The molecule has 0 bridgehead atoms. The number of carbonyl (C=O) groups excluding carboxylic acids is 1. The topological polar surface area (TPSA) is 32.3 Å². The van der Waals surface area contributed by atoms with Crippen LogP contribution in [0.15, 0.2) is 0 Å². The lowest BCUT2D eigenvalue weighted by Gasteiger charge is -2.37. The number of hydrogen-bond acceptors (Lipinski definition) is 2. The highest BCUT2D eigenvalue weighted by molar-refractivity contribution is 5.78. The van der Waals surface area contributed by atoms with Gasteiger partial charge in [-0.3, -0.25) is 9.69 Å². The van der Waals surface area contributed by atoms with E-state index in [4.69, 9.17) is 6.42 Å². The molecule has 0 radical (unpaired) electrons. The van der Waals surface area contributed by atoms with Gasteiger partial charge in [0.15, 0.2) is 0 Å². The van der Waals surface area contributed by atoms with E-state index in [-0.39, 0.29) is 5.91 Å². The van der Waals surface area contributed by atoms with Crippen LogP contribution in [0.1, 0.15) is 32.1 Å². The number of nitrogens with zero attached hydrogens (tertiary/aromatic N) is 1. The van der Waals surface area contributed by atoms with Crippen molar-refractivity contribution < 1.29 is 4.79 Å². The molecule has 0 spiro atoms. The van der Waals surface area contributed by atoms with Crippen LogP contribution in [-0.2, 0) is 4.79 Å². The highest BCUT2D eigenvalue weighted by Crippen LogP contribution is 2.36. The summed E-state index contributed by atoms with van der Waals surface area (Å²) in [6, 6.07) is 0.658. The van der Waals surface area contributed by atoms with E-state index in [9.17, 15) is 4.79 Å². The number of terminal acetylenes is 1. The van der Waals surface area contributed by atoms with Crippen LogP contribution in [-0.4, -0.2) is 36.5 Å². The quantitative estimate of drug-likeness (QED) is 0.720. The van der Waals surface area contributed by atoms with Crippen molar-refractivity contribution in [2.24, 2.45) is 5.92 Å². The second-order valence-electron chi connectivity index (χ2n) is 4.85. The van der Waals surface area contributed by atoms with Crippen molar-refractivity contribution in [3.63, 3.8) is 0 Å². The van der Waals surface area contributed by atoms with Crippen molar-refractivity contribution in [3.05, 3.63) is 0 Å². The van der Waals surface area contributed by atoms with Gasteiger partial charge in [0.25, 0.3) is 0 Å². The lowest BCUT2D eigenvalue weighted by Crippen LogP contribution is -2.47. The normalized spacial score (nSPS) is 29.4. The zero-order valence-electron chi connectivity index (χ0n) is 9.74. The Morgan fingerprint density at radius 1 is 1.38 bits per heavy atom. The average molecular weight is 220 g/mol. The fourth-order valence-electron chi connectivity index (χ4n) is 3.14. The van der Waals surface area contributed by atoms with Gasteiger partial charge < -0.3 is 5.32 Å². The first kappa shape index (κ1) is 11.5. The summed E-state index contributed by atoms with van der Waals surface area (Å²) in [4.78, 5) is 14.0. The highest BCUT2D eigenvalue weighted by Gasteiger charge is 2.35. The van der Waals surface area contributed by atoms with E-state index >= 15 is 0 Å². The minimum absolute atomic E-state index is 0.0745. The molecule has 16 heavy (non-hydrogen) atoms. The van der Waals surface area contributed by atoms with E-state index in [1.165, 1.54) is 32.1 Å². The summed E-state index contributed by atoms with van der Waals surface area (Å²) in [6.07, 6.45) is 11.7. The van der Waals surface area contributed by atoms with Gasteiger partial charge in [-0.25, -0.2) is 0 Å². The molecule has 2 rings (SSSR count). The molecule has 1 amide bonds. The fraction of sp³-hybridized carbons (Fsp3) is 0.769. The Labute approximate surface area is 97.6 Å². The van der Waals surface area contributed by atoms with E-state index in [1.807, 2.05) is 0 Å². The van der Waals surface area contributed by atoms with Crippen LogP contribution < -0.4 is 5.32 Å². The minimum atomic E-state index is 0.0745. The van der Waals surface area contributed by atoms with Crippen molar-refractivity contribution in [1.29, 1.82) is 0 Å². The molecule has 0 aromatic carbocycles. The lowest BCUT2D eigenvalue weighted by atomic mass is 9.92. The molecule has 1 saturated carbocycles. The molecule has 1 aliphatic heterocycles. The largest absolute Gasteiger partial charge is 0.344 e. The van der Waals surface area contributed by atoms with Crippen molar-refractivity contribution >= 4 is 5.91 Å². The number of amides is 1. The standard InChI is InChI=1S/C13H20N2O/c1-2-8-14-13(16)10-15-9-4-6-11-5-3-7-12(11)15/h1,11-12H,3-10H2,(H,14,16). The predicted octanol–water partition coefficient (Wildman–Crippen LogP) is 1.00. The number of nitrogens with one attached hydrogen (secondary N) is 1. The van der Waals surface area contributed by atoms with Crippen molar-refractivity contribution in [2.75, 3.05) is 19.6 Å². The van der Waals surface area contributed by atoms with Crippen LogP contribution in [0.3, 0.4) is 0 Å². The molecule has 1 N–H and O–H groups in total. The first-order chi connectivity index (χ1) is 7.81. The van der Waals surface area contributed by atoms with Gasteiger partial charge in [-0.05, 0) is 38.1 Å². The molecule has 3 nitrogen and oxygen atoms in total. The summed E-state index contributed by atoms with van der Waals surface area (Å²) >= 11 is 0. The van der Waals surface area contributed by atoms with Gasteiger partial charge in [0.05, 0.1) is 13.1 Å². The third-order valence-corrected chi connectivity index (χ3v) is 3.84. The highest BCUT2D eigenvalue weighted by atomic mass is 16.2. The predicted molar refractivity (Wildman–Crippen MR) is 63.8 cm³/mol. The molecule has 1 heterocycles. The molecule has 2 atom stereocenters. The van der Waals surface area contributed by atoms with E-state index in [1.54, 1.807) is 0 Å². The Bertz CT molecular complexity index is 295. The lowest BCUT2D eigenvalue weighted by molar-refractivity contribution is -0.123. The van der Waals surface area contributed by atoms with E-state index < -0.39 is 0 Å². The average Bonchev–Trinajstić information content (AvgIpc) is 2.75. The van der Waals surface area contributed by atoms with Gasteiger partial charge >= 0.3 is 0 Å². The summed E-state index contributed by atoms with van der Waals surface area (Å²) in [6.45, 7) is 1.95. The molecule has 2 aliphatic rings. The Kier molecular flexibility index (Phi) is 3.84. The SMILES string of the molecule is C#CCNC(=O)CN1CCCC2CCCC21. The Hall–Kier alpha value is -1.01. The number of fused-ring (bicyclic) bond motifs is 1. The van der Waals surface area contributed by atoms with Crippen LogP contribution in [0, 0.1) is 18.3 Å². The van der Waals surface area contributed by atoms with Gasteiger partial charge in [-0.15, -0.1) is 6.42 Å². The molecule has 1 saturated heterocycles. The Morgan fingerprint density at radius 2 is 2.19 bits per heavy atom. The molecule has 3 heteroatoms. The van der Waals surface area contributed by atoms with E-state index in [2.05, 4.69) is 16.1 Å². The number of rotatable bonds is 3. The summed E-state index contributed by atoms with van der Waals surface area (Å²) in [5, 5.41) is 2.74. The van der Waals surface area contributed by atoms with E-state index in [0.29, 0.717) is 19.1 Å². The number of carbonyl (C=O) groups is 1. The number of hydrogen-bond donors (Lipinski definition) is 1. The third kappa shape index (κ3) is 2.56. The maximum Gasteiger partial charge on any atom is 0.234 e. The second-order valence-corrected chi connectivity index (χ2v) is 4.85. The minimum Gasteiger partial charge on any atom is -0.344 e. The fourth-order valence-corrected chi connectivity index (χ4v) is 3.14. The monoisotopic (exact) mass is 220 g/mol. The van der Waals surface area contributed by atoms with Crippen LogP contribution in [0.5, 0.6) is 0 Å². The third-order valence-electron chi connectivity index (χ3n) is 3.84. The van der Waals surface area contributed by atoms with Crippen LogP contribution in [0.4, 0.5) is 0 Å². The summed E-state index contributed by atoms with van der Waals surface area (Å²) < 4.78 is 0. The van der Waals surface area contributed by atoms with Gasteiger partial charge in [-0.2, -0.15) is 0 Å². The second kappa shape index (κ2) is 5.36. The molecule has 0 aromatic heterocycles. The summed E-state index contributed by atoms with van der Waals surface area (Å²) in [7, 11) is 0. The van der Waals surface area contributed by atoms with Crippen molar-refractivity contribution in [1.82, 2.24) is 10.2 Å². The van der Waals surface area contributed by atoms with Crippen LogP contribution in [0.2, 0.25) is 0 Å². The van der Waals surface area contributed by atoms with Crippen LogP contribution in [0.25, 0.3) is 0 Å². The molecule has 0 aromatic rings. The Morgan fingerprint density at radius 3 is 3.00 bits per heavy atom. The molecule has 2 fully saturated rings. The Balaban J connectivity index is 1.84. The zero-order valence-corrected chi connectivity index (χ0v) is 9.74. The van der Waals surface area contributed by atoms with E-state index in [0.717, 1.165) is 12.5 Å². The van der Waals surface area contributed by atoms with Crippen molar-refractivity contribution in [2.45, 2.75) is 38.1 Å². The molecular weight excluding hydrogens is 200 g/mol.